The Labute approximate surface area is 120 Å². The van der Waals surface area contributed by atoms with Crippen molar-refractivity contribution in [3.05, 3.63) is 0 Å². The van der Waals surface area contributed by atoms with Gasteiger partial charge in [0.15, 0.2) is 0 Å². The van der Waals surface area contributed by atoms with Gasteiger partial charge < -0.3 is 9.84 Å². The Morgan fingerprint density at radius 2 is 2.00 bits per heavy atom. The number of carboxylic acid groups (broad SMARTS) is 1. The normalized spacial score (nSPS) is 32.8. The van der Waals surface area contributed by atoms with Crippen LogP contribution < -0.4 is 0 Å². The maximum absolute atomic E-state index is 11.0. The third kappa shape index (κ3) is 2.71. The van der Waals surface area contributed by atoms with Gasteiger partial charge in [-0.05, 0) is 39.0 Å². The molecular formula is C15H26N2O3. The average Bonchev–Trinajstić information content (AvgIpc) is 2.45. The second-order valence-electron chi connectivity index (χ2n) is 6.62. The summed E-state index contributed by atoms with van der Waals surface area (Å²) in [4.78, 5) is 15.7. The smallest absolute Gasteiger partial charge is 0.320 e. The molecule has 2 unspecified atom stereocenters. The lowest BCUT2D eigenvalue weighted by Crippen LogP contribution is -2.58. The Balaban J connectivity index is 1.51. The van der Waals surface area contributed by atoms with E-state index in [4.69, 9.17) is 9.84 Å². The largest absolute Gasteiger partial charge is 0.480 e. The quantitative estimate of drug-likeness (QED) is 0.842. The van der Waals surface area contributed by atoms with Crippen LogP contribution in [0.3, 0.4) is 0 Å². The molecule has 2 atom stereocenters. The van der Waals surface area contributed by atoms with Gasteiger partial charge in [-0.25, -0.2) is 0 Å². The first-order valence-corrected chi connectivity index (χ1v) is 7.95. The fourth-order valence-electron chi connectivity index (χ4n) is 3.88. The van der Waals surface area contributed by atoms with Crippen molar-refractivity contribution in [2.45, 2.75) is 56.7 Å². The van der Waals surface area contributed by atoms with Crippen molar-refractivity contribution in [2.75, 3.05) is 32.8 Å². The van der Waals surface area contributed by atoms with Crippen LogP contribution in [0.1, 0.15) is 39.0 Å². The van der Waals surface area contributed by atoms with Crippen LogP contribution in [0.5, 0.6) is 0 Å². The van der Waals surface area contributed by atoms with Crippen LogP contribution in [0.4, 0.5) is 0 Å². The number of carboxylic acids is 1. The third-order valence-electron chi connectivity index (χ3n) is 5.50. The minimum absolute atomic E-state index is 0.203. The Hall–Kier alpha value is -0.650. The predicted molar refractivity (Wildman–Crippen MR) is 75.8 cm³/mol. The molecule has 1 N–H and O–H groups in total. The zero-order valence-corrected chi connectivity index (χ0v) is 12.4. The molecule has 2 aliphatic heterocycles. The number of nitrogens with zero attached hydrogens (tertiary/aromatic N) is 2. The molecule has 0 aromatic rings. The Bertz CT molecular complexity index is 362. The molecular weight excluding hydrogens is 256 g/mol. The van der Waals surface area contributed by atoms with E-state index in [-0.39, 0.29) is 11.6 Å². The number of carbonyl (C=O) groups is 1. The van der Waals surface area contributed by atoms with Gasteiger partial charge in [0.25, 0.3) is 0 Å². The summed E-state index contributed by atoms with van der Waals surface area (Å²) in [6.45, 7) is 6.43. The number of hydrogen-bond acceptors (Lipinski definition) is 4. The number of hydrogen-bond donors (Lipinski definition) is 1. The SMILES string of the molecule is CC(C(=O)O)N1CCN(C2CCOC3(CCC3)C2)CC1. The van der Waals surface area contributed by atoms with Crippen LogP contribution in [0, 0.1) is 0 Å². The van der Waals surface area contributed by atoms with Crippen LogP contribution in [-0.4, -0.2) is 71.3 Å². The van der Waals surface area contributed by atoms with Gasteiger partial charge in [-0.1, -0.05) is 0 Å². The lowest BCUT2D eigenvalue weighted by molar-refractivity contribution is -0.153. The molecule has 0 amide bonds. The highest BCUT2D eigenvalue weighted by Crippen LogP contribution is 2.43. The summed E-state index contributed by atoms with van der Waals surface area (Å²) in [6, 6.07) is 0.288. The van der Waals surface area contributed by atoms with Gasteiger partial charge in [-0.3, -0.25) is 14.6 Å². The highest BCUT2D eigenvalue weighted by Gasteiger charge is 2.44. The first-order chi connectivity index (χ1) is 9.60. The van der Waals surface area contributed by atoms with Crippen LogP contribution in [0.15, 0.2) is 0 Å². The van der Waals surface area contributed by atoms with E-state index < -0.39 is 5.97 Å². The van der Waals surface area contributed by atoms with Crippen LogP contribution in [-0.2, 0) is 9.53 Å². The summed E-state index contributed by atoms with van der Waals surface area (Å²) < 4.78 is 6.00. The summed E-state index contributed by atoms with van der Waals surface area (Å²) in [5.41, 5.74) is 0.203. The molecule has 3 rings (SSSR count). The zero-order valence-electron chi connectivity index (χ0n) is 12.4. The number of aliphatic carboxylic acids is 1. The van der Waals surface area contributed by atoms with Crippen molar-refractivity contribution in [1.29, 1.82) is 0 Å². The van der Waals surface area contributed by atoms with E-state index in [1.165, 1.54) is 25.7 Å². The molecule has 5 nitrogen and oxygen atoms in total. The van der Waals surface area contributed by atoms with Gasteiger partial charge in [0.05, 0.1) is 5.60 Å². The fraction of sp³-hybridized carbons (Fsp3) is 0.933. The second-order valence-corrected chi connectivity index (χ2v) is 6.62. The van der Waals surface area contributed by atoms with Gasteiger partial charge in [-0.15, -0.1) is 0 Å². The molecule has 1 aliphatic carbocycles. The molecule has 0 radical (unpaired) electrons. The van der Waals surface area contributed by atoms with Crippen LogP contribution in [0.2, 0.25) is 0 Å². The van der Waals surface area contributed by atoms with E-state index in [9.17, 15) is 4.79 Å². The number of rotatable bonds is 3. The number of piperazine rings is 1. The minimum Gasteiger partial charge on any atom is -0.480 e. The summed E-state index contributed by atoms with van der Waals surface area (Å²) in [5, 5.41) is 9.09. The molecule has 1 spiro atoms. The van der Waals surface area contributed by atoms with E-state index >= 15 is 0 Å². The maximum atomic E-state index is 11.0. The number of ether oxygens (including phenoxy) is 1. The Morgan fingerprint density at radius 1 is 1.30 bits per heavy atom. The van der Waals surface area contributed by atoms with Gasteiger partial charge in [-0.2, -0.15) is 0 Å². The molecule has 114 valence electrons. The Morgan fingerprint density at radius 3 is 2.55 bits per heavy atom. The third-order valence-corrected chi connectivity index (χ3v) is 5.50. The summed E-state index contributed by atoms with van der Waals surface area (Å²) in [6.07, 6.45) is 6.10. The van der Waals surface area contributed by atoms with E-state index in [0.717, 1.165) is 39.2 Å². The fourth-order valence-corrected chi connectivity index (χ4v) is 3.88. The van der Waals surface area contributed by atoms with Gasteiger partial charge in [0, 0.05) is 38.8 Å². The van der Waals surface area contributed by atoms with Gasteiger partial charge in [0.1, 0.15) is 6.04 Å². The summed E-state index contributed by atoms with van der Waals surface area (Å²) in [5.74, 6) is -0.710. The molecule has 0 aromatic heterocycles. The van der Waals surface area contributed by atoms with Crippen molar-refractivity contribution < 1.29 is 14.6 Å². The van der Waals surface area contributed by atoms with E-state index in [0.29, 0.717) is 6.04 Å². The van der Waals surface area contributed by atoms with Crippen molar-refractivity contribution in [2.24, 2.45) is 0 Å². The lowest BCUT2D eigenvalue weighted by Gasteiger charge is -2.51. The Kier molecular flexibility index (Phi) is 4.02. The predicted octanol–water partition coefficient (Wildman–Crippen LogP) is 1.18. The molecule has 3 fully saturated rings. The van der Waals surface area contributed by atoms with Gasteiger partial charge in [0.2, 0.25) is 0 Å². The molecule has 0 bridgehead atoms. The minimum atomic E-state index is -0.710. The maximum Gasteiger partial charge on any atom is 0.320 e. The summed E-state index contributed by atoms with van der Waals surface area (Å²) in [7, 11) is 0. The van der Waals surface area contributed by atoms with E-state index in [2.05, 4.69) is 9.80 Å². The van der Waals surface area contributed by atoms with Crippen molar-refractivity contribution in [3.8, 4) is 0 Å². The van der Waals surface area contributed by atoms with Crippen LogP contribution in [0.25, 0.3) is 0 Å². The molecule has 3 aliphatic rings. The molecule has 2 heterocycles. The monoisotopic (exact) mass is 282 g/mol. The topological polar surface area (TPSA) is 53.0 Å². The van der Waals surface area contributed by atoms with Crippen molar-refractivity contribution in [3.63, 3.8) is 0 Å². The van der Waals surface area contributed by atoms with Gasteiger partial charge >= 0.3 is 5.97 Å². The molecule has 2 saturated heterocycles. The zero-order chi connectivity index (χ0) is 14.2. The molecule has 20 heavy (non-hydrogen) atoms. The first-order valence-electron chi connectivity index (χ1n) is 7.95. The lowest BCUT2D eigenvalue weighted by atomic mass is 9.73. The molecule has 5 heteroatoms. The average molecular weight is 282 g/mol. The molecule has 1 saturated carbocycles. The second kappa shape index (κ2) is 5.62. The van der Waals surface area contributed by atoms with Crippen molar-refractivity contribution >= 4 is 5.97 Å². The highest BCUT2D eigenvalue weighted by molar-refractivity contribution is 5.72. The summed E-state index contributed by atoms with van der Waals surface area (Å²) >= 11 is 0. The van der Waals surface area contributed by atoms with Crippen molar-refractivity contribution in [1.82, 2.24) is 9.80 Å². The highest BCUT2D eigenvalue weighted by atomic mass is 16.5. The first kappa shape index (κ1) is 14.3. The standard InChI is InChI=1S/C15H26N2O3/c1-12(14(18)19)16-6-8-17(9-7-16)13-3-10-20-15(11-13)4-2-5-15/h12-13H,2-11H2,1H3,(H,18,19). The van der Waals surface area contributed by atoms with E-state index in [1.807, 2.05) is 0 Å². The van der Waals surface area contributed by atoms with Crippen LogP contribution >= 0.6 is 0 Å². The molecule has 0 aromatic carbocycles. The van der Waals surface area contributed by atoms with E-state index in [1.54, 1.807) is 6.92 Å².